The topological polar surface area (TPSA) is 87.1 Å². The molecule has 1 amide bonds. The molecule has 0 spiro atoms. The number of nitrogens with zero attached hydrogens (tertiary/aromatic N) is 1. The van der Waals surface area contributed by atoms with Crippen molar-refractivity contribution in [3.05, 3.63) is 29.3 Å². The van der Waals surface area contributed by atoms with Gasteiger partial charge in [0.1, 0.15) is 6.29 Å². The summed E-state index contributed by atoms with van der Waals surface area (Å²) >= 11 is 0. The summed E-state index contributed by atoms with van der Waals surface area (Å²) in [4.78, 5) is 25.4. The van der Waals surface area contributed by atoms with Gasteiger partial charge in [-0.15, -0.1) is 0 Å². The first kappa shape index (κ1) is 16.7. The van der Waals surface area contributed by atoms with Crippen LogP contribution in [0.2, 0.25) is 0 Å². The van der Waals surface area contributed by atoms with E-state index < -0.39 is 7.12 Å². The largest absolute Gasteiger partial charge is 0.489 e. The Labute approximate surface area is 129 Å². The monoisotopic (exact) mass is 305 g/mol. The van der Waals surface area contributed by atoms with Gasteiger partial charge in [0.05, 0.1) is 6.61 Å². The standard InChI is InChI=1S/C15H20BNO5/c1-22-10-11-3-2-6-17(8-11)15(19)12-4-5-14(16(20)21)13(7-12)9-18/h4-5,7,9,11,20-21H,2-3,6,8,10H2,1H3. The second-order valence-electron chi connectivity index (χ2n) is 5.55. The molecule has 0 aliphatic carbocycles. The maximum Gasteiger partial charge on any atom is 0.489 e. The summed E-state index contributed by atoms with van der Waals surface area (Å²) in [6, 6.07) is 4.33. The van der Waals surface area contributed by atoms with Crippen molar-refractivity contribution in [1.29, 1.82) is 0 Å². The van der Waals surface area contributed by atoms with E-state index in [1.165, 1.54) is 18.2 Å². The lowest BCUT2D eigenvalue weighted by Gasteiger charge is -2.32. The van der Waals surface area contributed by atoms with Crippen molar-refractivity contribution in [2.45, 2.75) is 12.8 Å². The van der Waals surface area contributed by atoms with Gasteiger partial charge >= 0.3 is 7.12 Å². The zero-order valence-corrected chi connectivity index (χ0v) is 12.6. The summed E-state index contributed by atoms with van der Waals surface area (Å²) < 4.78 is 5.15. The number of benzene rings is 1. The quantitative estimate of drug-likeness (QED) is 0.575. The van der Waals surface area contributed by atoms with E-state index in [0.29, 0.717) is 37.5 Å². The van der Waals surface area contributed by atoms with Crippen molar-refractivity contribution in [2.75, 3.05) is 26.8 Å². The predicted molar refractivity (Wildman–Crippen MR) is 82.2 cm³/mol. The van der Waals surface area contributed by atoms with Crippen molar-refractivity contribution in [3.63, 3.8) is 0 Å². The van der Waals surface area contributed by atoms with Crippen molar-refractivity contribution in [1.82, 2.24) is 4.90 Å². The third-order valence-electron chi connectivity index (χ3n) is 3.95. The second-order valence-corrected chi connectivity index (χ2v) is 5.55. The molecule has 1 heterocycles. The van der Waals surface area contributed by atoms with Gasteiger partial charge in [0.15, 0.2) is 0 Å². The number of methoxy groups -OCH3 is 1. The number of likely N-dealkylation sites (tertiary alicyclic amines) is 1. The molecule has 1 aliphatic heterocycles. The molecule has 0 saturated carbocycles. The van der Waals surface area contributed by atoms with Crippen LogP contribution in [0.3, 0.4) is 0 Å². The smallest absolute Gasteiger partial charge is 0.423 e. The van der Waals surface area contributed by atoms with Gasteiger partial charge in [-0.1, -0.05) is 6.07 Å². The van der Waals surface area contributed by atoms with Gasteiger partial charge in [-0.2, -0.15) is 0 Å². The van der Waals surface area contributed by atoms with Gasteiger partial charge in [0, 0.05) is 31.3 Å². The highest BCUT2D eigenvalue weighted by atomic mass is 16.5. The van der Waals surface area contributed by atoms with Crippen LogP contribution in [0.5, 0.6) is 0 Å². The fraction of sp³-hybridized carbons (Fsp3) is 0.467. The Balaban J connectivity index is 2.17. The first-order valence-corrected chi connectivity index (χ1v) is 7.30. The zero-order valence-electron chi connectivity index (χ0n) is 12.6. The SMILES string of the molecule is COCC1CCCN(C(=O)c2ccc(B(O)O)c(C=O)c2)C1. The van der Waals surface area contributed by atoms with Gasteiger partial charge in [-0.3, -0.25) is 9.59 Å². The summed E-state index contributed by atoms with van der Waals surface area (Å²) in [6.07, 6.45) is 2.48. The number of hydrogen-bond acceptors (Lipinski definition) is 5. The Morgan fingerprint density at radius 1 is 1.50 bits per heavy atom. The summed E-state index contributed by atoms with van der Waals surface area (Å²) in [6.45, 7) is 1.94. The van der Waals surface area contributed by atoms with E-state index in [0.717, 1.165) is 12.8 Å². The van der Waals surface area contributed by atoms with Crippen LogP contribution in [-0.4, -0.2) is 61.1 Å². The third-order valence-corrected chi connectivity index (χ3v) is 3.95. The molecule has 7 heteroatoms. The lowest BCUT2D eigenvalue weighted by molar-refractivity contribution is 0.0571. The lowest BCUT2D eigenvalue weighted by atomic mass is 9.76. The Morgan fingerprint density at radius 3 is 2.91 bits per heavy atom. The molecule has 118 valence electrons. The summed E-state index contributed by atoms with van der Waals surface area (Å²) in [7, 11) is -0.0822. The minimum absolute atomic E-state index is 0.0995. The number of rotatable bonds is 5. The molecule has 2 N–H and O–H groups in total. The van der Waals surface area contributed by atoms with Crippen LogP contribution in [0.1, 0.15) is 33.6 Å². The lowest BCUT2D eigenvalue weighted by Crippen LogP contribution is -2.41. The molecule has 0 radical (unpaired) electrons. The molecule has 6 nitrogen and oxygen atoms in total. The van der Waals surface area contributed by atoms with Crippen LogP contribution in [0.4, 0.5) is 0 Å². The van der Waals surface area contributed by atoms with Crippen molar-refractivity contribution in [2.24, 2.45) is 5.92 Å². The van der Waals surface area contributed by atoms with Gasteiger partial charge in [-0.05, 0) is 36.4 Å². The molecular weight excluding hydrogens is 285 g/mol. The molecule has 1 saturated heterocycles. The van der Waals surface area contributed by atoms with Gasteiger partial charge in [0.25, 0.3) is 5.91 Å². The minimum atomic E-state index is -1.73. The Morgan fingerprint density at radius 2 is 2.27 bits per heavy atom. The van der Waals surface area contributed by atoms with Gasteiger partial charge in [0.2, 0.25) is 0 Å². The highest BCUT2D eigenvalue weighted by molar-refractivity contribution is 6.60. The van der Waals surface area contributed by atoms with Crippen molar-refractivity contribution >= 4 is 24.8 Å². The van der Waals surface area contributed by atoms with E-state index in [9.17, 15) is 19.6 Å². The number of piperidine rings is 1. The minimum Gasteiger partial charge on any atom is -0.423 e. The van der Waals surface area contributed by atoms with Crippen LogP contribution in [0.25, 0.3) is 0 Å². The summed E-state index contributed by atoms with van der Waals surface area (Å²) in [5.41, 5.74) is 0.596. The highest BCUT2D eigenvalue weighted by Gasteiger charge is 2.25. The van der Waals surface area contributed by atoms with E-state index in [2.05, 4.69) is 0 Å². The van der Waals surface area contributed by atoms with Crippen LogP contribution >= 0.6 is 0 Å². The Hall–Kier alpha value is -1.70. The maximum atomic E-state index is 12.5. The Kier molecular flexibility index (Phi) is 5.71. The van der Waals surface area contributed by atoms with Crippen molar-refractivity contribution < 1.29 is 24.4 Å². The molecule has 1 fully saturated rings. The number of carbonyl (C=O) groups excluding carboxylic acids is 2. The predicted octanol–water partition coefficient (Wildman–Crippen LogP) is -0.323. The average Bonchev–Trinajstić information content (AvgIpc) is 2.54. The number of carbonyl (C=O) groups is 2. The number of amides is 1. The molecule has 0 aromatic heterocycles. The van der Waals surface area contributed by atoms with Gasteiger partial charge in [-0.25, -0.2) is 0 Å². The van der Waals surface area contributed by atoms with Crippen LogP contribution in [0.15, 0.2) is 18.2 Å². The first-order chi connectivity index (χ1) is 10.6. The zero-order chi connectivity index (χ0) is 16.1. The molecule has 1 aromatic rings. The summed E-state index contributed by atoms with van der Waals surface area (Å²) in [5.74, 6) is 0.176. The third kappa shape index (κ3) is 3.74. The fourth-order valence-electron chi connectivity index (χ4n) is 2.85. The average molecular weight is 305 g/mol. The van der Waals surface area contributed by atoms with E-state index >= 15 is 0 Å². The normalized spacial score (nSPS) is 18.1. The van der Waals surface area contributed by atoms with Crippen LogP contribution in [-0.2, 0) is 4.74 Å². The molecule has 1 unspecified atom stereocenters. The van der Waals surface area contributed by atoms with Crippen molar-refractivity contribution in [3.8, 4) is 0 Å². The van der Waals surface area contributed by atoms with E-state index in [1.807, 2.05) is 0 Å². The van der Waals surface area contributed by atoms with E-state index in [-0.39, 0.29) is 16.9 Å². The molecule has 1 atom stereocenters. The van der Waals surface area contributed by atoms with Crippen LogP contribution in [0, 0.1) is 5.92 Å². The first-order valence-electron chi connectivity index (χ1n) is 7.30. The van der Waals surface area contributed by atoms with E-state index in [4.69, 9.17) is 4.74 Å². The Bertz CT molecular complexity index is 547. The molecule has 1 aliphatic rings. The summed E-state index contributed by atoms with van der Waals surface area (Å²) in [5, 5.41) is 18.4. The highest BCUT2D eigenvalue weighted by Crippen LogP contribution is 2.19. The molecule has 1 aromatic carbocycles. The number of aldehydes is 1. The van der Waals surface area contributed by atoms with Gasteiger partial charge < -0.3 is 19.7 Å². The second kappa shape index (κ2) is 7.53. The number of hydrogen-bond donors (Lipinski definition) is 2. The maximum absolute atomic E-state index is 12.5. The molecular formula is C15H20BNO5. The molecule has 0 bridgehead atoms. The van der Waals surface area contributed by atoms with Crippen LogP contribution < -0.4 is 5.46 Å². The number of ether oxygens (including phenoxy) is 1. The fourth-order valence-corrected chi connectivity index (χ4v) is 2.85. The van der Waals surface area contributed by atoms with E-state index in [1.54, 1.807) is 12.0 Å². The molecule has 22 heavy (non-hydrogen) atoms. The molecule has 2 rings (SSSR count).